The van der Waals surface area contributed by atoms with Gasteiger partial charge < -0.3 is 15.2 Å². The summed E-state index contributed by atoms with van der Waals surface area (Å²) in [4.78, 5) is 4.28. The number of ether oxygens (including phenoxy) is 2. The minimum Gasteiger partial charge on any atom is -0.404 e. The Morgan fingerprint density at radius 2 is 2.46 bits per heavy atom. The van der Waals surface area contributed by atoms with Gasteiger partial charge in [0.15, 0.2) is 0 Å². The number of allylic oxidation sites excluding steroid dienone is 1. The smallest absolute Gasteiger partial charge is 0.105 e. The van der Waals surface area contributed by atoms with Gasteiger partial charge in [0.2, 0.25) is 0 Å². The van der Waals surface area contributed by atoms with Gasteiger partial charge in [-0.05, 0) is 15.9 Å². The molecule has 0 unspecified atom stereocenters. The van der Waals surface area contributed by atoms with Crippen molar-refractivity contribution in [2.45, 2.75) is 12.1 Å². The number of methoxy groups -OCH3 is 1. The monoisotopic (exact) mass is 248 g/mol. The molecule has 0 aromatic rings. The lowest BCUT2D eigenvalue weighted by Crippen LogP contribution is -2.24. The fourth-order valence-electron chi connectivity index (χ4n) is 1.10. The molecule has 2 N–H and O–H groups in total. The largest absolute Gasteiger partial charge is 0.404 e. The minimum atomic E-state index is 0.0642. The van der Waals surface area contributed by atoms with Crippen molar-refractivity contribution in [1.29, 1.82) is 0 Å². The summed E-state index contributed by atoms with van der Waals surface area (Å²) in [6.07, 6.45) is 3.18. The summed E-state index contributed by atoms with van der Waals surface area (Å²) >= 11 is 3.23. The van der Waals surface area contributed by atoms with E-state index in [9.17, 15) is 0 Å². The summed E-state index contributed by atoms with van der Waals surface area (Å²) in [6.45, 7) is 1.22. The van der Waals surface area contributed by atoms with Gasteiger partial charge in [-0.15, -0.1) is 0 Å². The Balaban J connectivity index is 2.48. The fourth-order valence-corrected chi connectivity index (χ4v) is 1.22. The quantitative estimate of drug-likeness (QED) is 0.748. The maximum absolute atomic E-state index is 5.26. The SMILES string of the molecule is CO[C@H]1COC[C@@H]1N=CC(Br)=CN. The van der Waals surface area contributed by atoms with Crippen molar-refractivity contribution in [2.75, 3.05) is 20.3 Å². The first-order valence-electron chi connectivity index (χ1n) is 3.99. The highest BCUT2D eigenvalue weighted by molar-refractivity contribution is 9.12. The lowest BCUT2D eigenvalue weighted by molar-refractivity contribution is 0.0780. The molecule has 74 valence electrons. The summed E-state index contributed by atoms with van der Waals surface area (Å²) in [5.41, 5.74) is 5.26. The zero-order valence-corrected chi connectivity index (χ0v) is 9.03. The molecule has 0 aromatic heterocycles. The van der Waals surface area contributed by atoms with Crippen molar-refractivity contribution in [3.63, 3.8) is 0 Å². The average Bonchev–Trinajstić information content (AvgIpc) is 2.61. The molecule has 1 fully saturated rings. The molecule has 1 aliphatic heterocycles. The number of aliphatic imine (C=N–C) groups is 1. The van der Waals surface area contributed by atoms with Gasteiger partial charge in [-0.2, -0.15) is 0 Å². The number of nitrogens with zero attached hydrogens (tertiary/aromatic N) is 1. The summed E-state index contributed by atoms with van der Waals surface area (Å²) in [5.74, 6) is 0. The molecule has 0 bridgehead atoms. The van der Waals surface area contributed by atoms with Crippen LogP contribution in [0.4, 0.5) is 0 Å². The van der Waals surface area contributed by atoms with Gasteiger partial charge in [-0.1, -0.05) is 0 Å². The molecule has 0 aromatic carbocycles. The molecule has 0 saturated carbocycles. The molecular formula is C8H13BrN2O2. The Bertz CT molecular complexity index is 218. The molecule has 1 aliphatic rings. The van der Waals surface area contributed by atoms with Crippen LogP contribution in [-0.2, 0) is 9.47 Å². The van der Waals surface area contributed by atoms with Gasteiger partial charge in [0.05, 0.1) is 17.7 Å². The molecule has 2 atom stereocenters. The van der Waals surface area contributed by atoms with Crippen LogP contribution < -0.4 is 5.73 Å². The Hall–Kier alpha value is -0.390. The second-order valence-corrected chi connectivity index (χ2v) is 3.62. The van der Waals surface area contributed by atoms with Gasteiger partial charge >= 0.3 is 0 Å². The molecule has 0 amide bonds. The Morgan fingerprint density at radius 1 is 1.69 bits per heavy atom. The Morgan fingerprint density at radius 3 is 3.08 bits per heavy atom. The Labute approximate surface area is 85.9 Å². The highest BCUT2D eigenvalue weighted by Crippen LogP contribution is 2.12. The zero-order chi connectivity index (χ0) is 9.68. The first kappa shape index (κ1) is 10.7. The summed E-state index contributed by atoms with van der Waals surface area (Å²) in [6, 6.07) is 0.0810. The predicted octanol–water partition coefficient (Wildman–Crippen LogP) is 0.666. The van der Waals surface area contributed by atoms with Gasteiger partial charge in [-0.3, -0.25) is 4.99 Å². The van der Waals surface area contributed by atoms with Gasteiger partial charge in [0, 0.05) is 19.5 Å². The maximum Gasteiger partial charge on any atom is 0.105 e. The minimum absolute atomic E-state index is 0.0642. The standard InChI is InChI=1S/C8H13BrN2O2/c1-12-8-5-13-4-7(8)11-3-6(9)2-10/h2-3,7-8H,4-5,10H2,1H3/t7-,8-/m0/s1. The third kappa shape index (κ3) is 3.10. The van der Waals surface area contributed by atoms with Crippen molar-refractivity contribution in [3.05, 3.63) is 10.7 Å². The summed E-state index contributed by atoms with van der Waals surface area (Å²) in [7, 11) is 1.66. The van der Waals surface area contributed by atoms with Gasteiger partial charge in [0.1, 0.15) is 12.1 Å². The molecule has 4 nitrogen and oxygen atoms in total. The number of halogens is 1. The van der Waals surface area contributed by atoms with Crippen LogP contribution >= 0.6 is 15.9 Å². The molecule has 0 radical (unpaired) electrons. The third-order valence-electron chi connectivity index (χ3n) is 1.85. The van der Waals surface area contributed by atoms with E-state index in [-0.39, 0.29) is 12.1 Å². The van der Waals surface area contributed by atoms with E-state index >= 15 is 0 Å². The van der Waals surface area contributed by atoms with E-state index in [1.54, 1.807) is 13.3 Å². The summed E-state index contributed by atoms with van der Waals surface area (Å²) < 4.78 is 11.2. The highest BCUT2D eigenvalue weighted by Gasteiger charge is 2.26. The van der Waals surface area contributed by atoms with E-state index in [1.807, 2.05) is 0 Å². The second kappa shape index (κ2) is 5.36. The highest BCUT2D eigenvalue weighted by atomic mass is 79.9. The first-order chi connectivity index (χ1) is 6.27. The topological polar surface area (TPSA) is 56.8 Å². The van der Waals surface area contributed by atoms with Crippen LogP contribution in [-0.4, -0.2) is 38.7 Å². The number of nitrogens with two attached hydrogens (primary N) is 1. The molecule has 1 rings (SSSR count). The molecule has 0 aliphatic carbocycles. The second-order valence-electron chi connectivity index (χ2n) is 2.71. The van der Waals surface area contributed by atoms with Crippen molar-refractivity contribution in [1.82, 2.24) is 0 Å². The van der Waals surface area contributed by atoms with Crippen molar-refractivity contribution < 1.29 is 9.47 Å². The van der Waals surface area contributed by atoms with Crippen LogP contribution in [0.15, 0.2) is 15.7 Å². The van der Waals surface area contributed by atoms with E-state index < -0.39 is 0 Å². The molecule has 13 heavy (non-hydrogen) atoms. The van der Waals surface area contributed by atoms with E-state index in [2.05, 4.69) is 20.9 Å². The first-order valence-corrected chi connectivity index (χ1v) is 4.78. The molecule has 5 heteroatoms. The number of hydrogen-bond acceptors (Lipinski definition) is 4. The lowest BCUT2D eigenvalue weighted by atomic mass is 10.2. The zero-order valence-electron chi connectivity index (χ0n) is 7.44. The molecular weight excluding hydrogens is 236 g/mol. The average molecular weight is 249 g/mol. The van der Waals surface area contributed by atoms with Crippen molar-refractivity contribution >= 4 is 22.1 Å². The molecule has 1 saturated heterocycles. The van der Waals surface area contributed by atoms with E-state index in [1.165, 1.54) is 6.20 Å². The normalized spacial score (nSPS) is 30.2. The molecule has 0 spiro atoms. The van der Waals surface area contributed by atoms with Crippen LogP contribution in [0.1, 0.15) is 0 Å². The van der Waals surface area contributed by atoms with Crippen molar-refractivity contribution in [3.8, 4) is 0 Å². The number of hydrogen-bond donors (Lipinski definition) is 1. The van der Waals surface area contributed by atoms with E-state index in [0.717, 1.165) is 4.48 Å². The maximum atomic E-state index is 5.26. The van der Waals surface area contributed by atoms with Crippen LogP contribution in [0.3, 0.4) is 0 Å². The van der Waals surface area contributed by atoms with Crippen LogP contribution in [0, 0.1) is 0 Å². The fraction of sp³-hybridized carbons (Fsp3) is 0.625. The Kier molecular flexibility index (Phi) is 4.41. The lowest BCUT2D eigenvalue weighted by Gasteiger charge is -2.10. The summed E-state index contributed by atoms with van der Waals surface area (Å²) in [5, 5.41) is 0. The van der Waals surface area contributed by atoms with Crippen LogP contribution in [0.2, 0.25) is 0 Å². The van der Waals surface area contributed by atoms with E-state index in [0.29, 0.717) is 13.2 Å². The molecule has 1 heterocycles. The number of rotatable bonds is 3. The third-order valence-corrected chi connectivity index (χ3v) is 2.32. The van der Waals surface area contributed by atoms with Crippen LogP contribution in [0.25, 0.3) is 0 Å². The van der Waals surface area contributed by atoms with Crippen LogP contribution in [0.5, 0.6) is 0 Å². The van der Waals surface area contributed by atoms with Gasteiger partial charge in [-0.25, -0.2) is 0 Å². The van der Waals surface area contributed by atoms with Crippen molar-refractivity contribution in [2.24, 2.45) is 10.7 Å². The van der Waals surface area contributed by atoms with Gasteiger partial charge in [0.25, 0.3) is 0 Å². The predicted molar refractivity (Wildman–Crippen MR) is 55.1 cm³/mol. The van der Waals surface area contributed by atoms with E-state index in [4.69, 9.17) is 15.2 Å².